The van der Waals surface area contributed by atoms with Crippen LogP contribution in [-0.2, 0) is 4.74 Å². The molecule has 118 valence electrons. The molecule has 4 atom stereocenters. The fraction of sp³-hybridized carbons (Fsp3) is 0.500. The van der Waals surface area contributed by atoms with Crippen molar-refractivity contribution in [3.63, 3.8) is 0 Å². The van der Waals surface area contributed by atoms with Crippen molar-refractivity contribution in [2.45, 2.75) is 37.4 Å². The van der Waals surface area contributed by atoms with Crippen LogP contribution in [0.15, 0.2) is 29.0 Å². The first-order chi connectivity index (χ1) is 10.4. The second-order valence-corrected chi connectivity index (χ2v) is 4.78. The molecule has 1 saturated heterocycles. The second kappa shape index (κ2) is 6.52. The Balaban J connectivity index is 2.12. The van der Waals surface area contributed by atoms with E-state index >= 15 is 0 Å². The molecular formula is C12H14N4O6. The van der Waals surface area contributed by atoms with Gasteiger partial charge >= 0.3 is 11.9 Å². The Labute approximate surface area is 124 Å². The van der Waals surface area contributed by atoms with Crippen LogP contribution in [-0.4, -0.2) is 43.2 Å². The highest BCUT2D eigenvalue weighted by Crippen LogP contribution is 2.31. The van der Waals surface area contributed by atoms with Crippen LogP contribution in [0.1, 0.15) is 19.1 Å². The van der Waals surface area contributed by atoms with E-state index in [1.165, 1.54) is 0 Å². The van der Waals surface area contributed by atoms with Crippen molar-refractivity contribution in [3.8, 4) is 5.88 Å². The number of hydrogen-bond acceptors (Lipinski definition) is 8. The van der Waals surface area contributed by atoms with E-state index in [1.54, 1.807) is 0 Å². The summed E-state index contributed by atoms with van der Waals surface area (Å²) < 4.78 is 6.32. The van der Waals surface area contributed by atoms with Gasteiger partial charge in [-0.15, -0.1) is 0 Å². The average Bonchev–Trinajstić information content (AvgIpc) is 2.74. The van der Waals surface area contributed by atoms with E-state index in [1.807, 2.05) is 0 Å². The molecule has 1 aromatic rings. The van der Waals surface area contributed by atoms with Crippen LogP contribution >= 0.6 is 0 Å². The van der Waals surface area contributed by atoms with Crippen molar-refractivity contribution in [1.82, 2.24) is 9.55 Å². The number of rotatable bonds is 4. The summed E-state index contributed by atoms with van der Waals surface area (Å²) in [7, 11) is 0. The third-order valence-corrected chi connectivity index (χ3v) is 3.31. The molecule has 10 nitrogen and oxygen atoms in total. The number of hydrogen-bond donors (Lipinski definition) is 3. The molecule has 0 saturated carbocycles. The highest BCUT2D eigenvalue weighted by atomic mass is 16.6. The van der Waals surface area contributed by atoms with E-state index in [-0.39, 0.29) is 18.6 Å². The van der Waals surface area contributed by atoms with Crippen molar-refractivity contribution in [2.75, 3.05) is 0 Å². The lowest BCUT2D eigenvalue weighted by Crippen LogP contribution is -2.35. The van der Waals surface area contributed by atoms with Gasteiger partial charge in [-0.05, 0) is 18.4 Å². The zero-order chi connectivity index (χ0) is 16.3. The molecule has 1 aromatic heterocycles. The maximum absolute atomic E-state index is 11.6. The van der Waals surface area contributed by atoms with E-state index in [0.29, 0.717) is 0 Å². The van der Waals surface area contributed by atoms with Gasteiger partial charge in [-0.2, -0.15) is 0 Å². The number of aliphatic hydroxyl groups excluding tert-OH is 3. The molecule has 1 aliphatic heterocycles. The highest BCUT2D eigenvalue weighted by molar-refractivity contribution is 5.03. The van der Waals surface area contributed by atoms with Gasteiger partial charge in [0.1, 0.15) is 12.2 Å². The van der Waals surface area contributed by atoms with Gasteiger partial charge < -0.3 is 25.2 Å². The molecule has 2 heterocycles. The van der Waals surface area contributed by atoms with Crippen LogP contribution in [0.3, 0.4) is 0 Å². The number of aliphatic hydroxyl groups is 3. The summed E-state index contributed by atoms with van der Waals surface area (Å²) in [5.74, 6) is -0.945. The van der Waals surface area contributed by atoms with Gasteiger partial charge in [-0.3, -0.25) is 4.57 Å². The van der Waals surface area contributed by atoms with Crippen LogP contribution in [0.2, 0.25) is 0 Å². The van der Waals surface area contributed by atoms with Crippen LogP contribution in [0.4, 0.5) is 0 Å². The summed E-state index contributed by atoms with van der Waals surface area (Å²) in [6.45, 7) is 0. The minimum Gasteiger partial charge on any atom is -0.858 e. The van der Waals surface area contributed by atoms with Gasteiger partial charge in [0.25, 0.3) is 0 Å². The highest BCUT2D eigenvalue weighted by Gasteiger charge is 2.43. The molecule has 4 unspecified atom stereocenters. The molecule has 22 heavy (non-hydrogen) atoms. The van der Waals surface area contributed by atoms with E-state index in [9.17, 15) is 25.2 Å². The molecule has 10 heteroatoms. The van der Waals surface area contributed by atoms with E-state index in [4.69, 9.17) is 10.1 Å². The maximum atomic E-state index is 11.6. The lowest BCUT2D eigenvalue weighted by Gasteiger charge is -2.17. The van der Waals surface area contributed by atoms with Crippen LogP contribution in [0, 0.1) is 5.39 Å². The lowest BCUT2D eigenvalue weighted by atomic mass is 10.1. The zero-order valence-corrected chi connectivity index (χ0v) is 11.3. The minimum atomic E-state index is -1.39. The Hall–Kier alpha value is -2.48. The van der Waals surface area contributed by atoms with Gasteiger partial charge in [0, 0.05) is 12.6 Å². The number of diazo groups is 1. The molecule has 0 aromatic carbocycles. The van der Waals surface area contributed by atoms with Crippen molar-refractivity contribution in [2.24, 2.45) is 0 Å². The second-order valence-electron chi connectivity index (χ2n) is 4.78. The summed E-state index contributed by atoms with van der Waals surface area (Å²) in [6.07, 6.45) is -2.60. The fourth-order valence-corrected chi connectivity index (χ4v) is 2.21. The predicted molar refractivity (Wildman–Crippen MR) is 68.9 cm³/mol. The number of aromatic nitrogens is 2. The monoisotopic (exact) mass is 310 g/mol. The molecule has 0 bridgehead atoms. The Kier molecular flexibility index (Phi) is 4.71. The van der Waals surface area contributed by atoms with Gasteiger partial charge in [0.05, 0.1) is 6.10 Å². The lowest BCUT2D eigenvalue weighted by molar-refractivity contribution is -0.275. The van der Waals surface area contributed by atoms with Gasteiger partial charge in [-0.1, -0.05) is 0 Å². The first-order valence-corrected chi connectivity index (χ1v) is 6.44. The zero-order valence-electron chi connectivity index (χ0n) is 11.3. The van der Waals surface area contributed by atoms with Crippen LogP contribution in [0.5, 0.6) is 5.88 Å². The number of nitrogens with zero attached hydrogens (tertiary/aromatic N) is 4. The topological polar surface area (TPSA) is 156 Å². The third-order valence-electron chi connectivity index (χ3n) is 3.31. The summed E-state index contributed by atoms with van der Waals surface area (Å²) in [4.78, 5) is 17.5. The smallest absolute Gasteiger partial charge is 0.387 e. The molecule has 3 N–H and O–H groups in total. The van der Waals surface area contributed by atoms with Crippen LogP contribution < -0.4 is 10.8 Å². The van der Waals surface area contributed by atoms with Crippen molar-refractivity contribution < 1.29 is 25.2 Å². The summed E-state index contributed by atoms with van der Waals surface area (Å²) in [5, 5.41) is 48.5. The normalized spacial score (nSPS) is 28.5. The summed E-state index contributed by atoms with van der Waals surface area (Å²) in [6, 6.07) is 1.04. The molecule has 0 radical (unpaired) electrons. The van der Waals surface area contributed by atoms with E-state index in [0.717, 1.165) is 23.0 Å². The van der Waals surface area contributed by atoms with Crippen molar-refractivity contribution >= 4 is 0 Å². The fourth-order valence-electron chi connectivity index (χ4n) is 2.21. The Morgan fingerprint density at radius 2 is 2.27 bits per heavy atom. The quantitative estimate of drug-likeness (QED) is 0.470. The standard InChI is InChI=1S/C12H14N4O6/c13-14-5-6(17)1-2-7-9(19)10(20)11(22-7)16-4-3-8(18)15-12(16)21/h3-5,7,9-11,19-20H,1-2H2,(H-,15,17,18,21)/b6-5+. The first kappa shape index (κ1) is 15.9. The molecule has 0 aliphatic carbocycles. The maximum Gasteiger partial charge on any atom is 0.387 e. The van der Waals surface area contributed by atoms with E-state index in [2.05, 4.69) is 9.96 Å². The van der Waals surface area contributed by atoms with Crippen LogP contribution in [0.25, 0.3) is 4.98 Å². The number of ether oxygens (including phenoxy) is 1. The Morgan fingerprint density at radius 3 is 2.91 bits per heavy atom. The van der Waals surface area contributed by atoms with Gasteiger partial charge in [0.2, 0.25) is 5.39 Å². The van der Waals surface area contributed by atoms with Gasteiger partial charge in [0.15, 0.2) is 17.0 Å². The third kappa shape index (κ3) is 3.22. The molecule has 2 rings (SSSR count). The predicted octanol–water partition coefficient (Wildman–Crippen LogP) is -1.03. The van der Waals surface area contributed by atoms with E-state index < -0.39 is 36.1 Å². The van der Waals surface area contributed by atoms with Gasteiger partial charge in [-0.25, -0.2) is 9.78 Å². The molecule has 1 fully saturated rings. The summed E-state index contributed by atoms with van der Waals surface area (Å²) in [5.41, 5.74) is -0.897. The Bertz CT molecular complexity index is 666. The SMILES string of the molecule is N#[N+]/C=C(/O)CCC1OC(n2ccc([O-])nc2=O)C(O)C1O. The van der Waals surface area contributed by atoms with Crippen molar-refractivity contribution in [1.29, 1.82) is 5.39 Å². The minimum absolute atomic E-state index is 0.0396. The molecule has 1 aliphatic rings. The number of allylic oxidation sites excluding steroid dienone is 1. The average molecular weight is 310 g/mol. The summed E-state index contributed by atoms with van der Waals surface area (Å²) >= 11 is 0. The molecular weight excluding hydrogens is 296 g/mol. The molecule has 0 amide bonds. The first-order valence-electron chi connectivity index (χ1n) is 6.44. The Morgan fingerprint density at radius 1 is 1.55 bits per heavy atom. The molecule has 0 spiro atoms. The van der Waals surface area contributed by atoms with Crippen molar-refractivity contribution in [3.05, 3.63) is 39.7 Å². The largest absolute Gasteiger partial charge is 0.858 e.